The van der Waals surface area contributed by atoms with Crippen LogP contribution in [0.1, 0.15) is 12.5 Å². The molecule has 0 radical (unpaired) electrons. The van der Waals surface area contributed by atoms with Crippen LogP contribution in [0, 0.1) is 5.82 Å². The minimum atomic E-state index is -0.286. The van der Waals surface area contributed by atoms with Crippen LogP contribution < -0.4 is 5.32 Å². The Labute approximate surface area is 70.4 Å². The number of halogens is 1. The summed E-state index contributed by atoms with van der Waals surface area (Å²) in [5.74, 6) is -0.440. The maximum absolute atomic E-state index is 12.9. The van der Waals surface area contributed by atoms with Crippen molar-refractivity contribution < 1.29 is 9.18 Å². The van der Waals surface area contributed by atoms with Crippen molar-refractivity contribution in [3.63, 3.8) is 0 Å². The normalized spacial score (nSPS) is 9.50. The third kappa shape index (κ3) is 2.34. The molecule has 0 aromatic heterocycles. The van der Waals surface area contributed by atoms with E-state index in [1.807, 2.05) is 0 Å². The lowest BCUT2D eigenvalue weighted by molar-refractivity contribution is -0.119. The lowest BCUT2D eigenvalue weighted by Gasteiger charge is -2.02. The van der Waals surface area contributed by atoms with Crippen LogP contribution in [0.3, 0.4) is 0 Å². The van der Waals surface area contributed by atoms with Crippen molar-refractivity contribution in [3.05, 3.63) is 35.6 Å². The predicted octanol–water partition coefficient (Wildman–Crippen LogP) is 1.46. The van der Waals surface area contributed by atoms with E-state index < -0.39 is 0 Å². The summed E-state index contributed by atoms with van der Waals surface area (Å²) in [6.45, 7) is 1.66. The van der Waals surface area contributed by atoms with Gasteiger partial charge in [0.1, 0.15) is 5.82 Å². The van der Waals surface area contributed by atoms with Crippen LogP contribution in [-0.4, -0.2) is 5.91 Å². The van der Waals surface area contributed by atoms with E-state index in [2.05, 4.69) is 5.32 Å². The Morgan fingerprint density at radius 3 is 2.75 bits per heavy atom. The number of amides is 1. The highest BCUT2D eigenvalue weighted by molar-refractivity contribution is 5.72. The first-order chi connectivity index (χ1) is 5.70. The molecule has 1 aromatic rings. The van der Waals surface area contributed by atoms with E-state index in [0.29, 0.717) is 5.56 Å². The molecule has 1 N–H and O–H groups in total. The zero-order valence-electron chi connectivity index (χ0n) is 6.80. The zero-order chi connectivity index (χ0) is 8.97. The highest BCUT2D eigenvalue weighted by atomic mass is 19.1. The van der Waals surface area contributed by atoms with E-state index in [9.17, 15) is 9.18 Å². The SMILES string of the molecule is CC(=O)NCc1ccccc1F. The summed E-state index contributed by atoms with van der Waals surface area (Å²) in [6.07, 6.45) is 0. The maximum atomic E-state index is 12.9. The predicted molar refractivity (Wildman–Crippen MR) is 43.9 cm³/mol. The molecule has 0 unspecified atom stereocenters. The molecular weight excluding hydrogens is 157 g/mol. The Hall–Kier alpha value is -1.38. The summed E-state index contributed by atoms with van der Waals surface area (Å²) >= 11 is 0. The smallest absolute Gasteiger partial charge is 0.217 e. The van der Waals surface area contributed by atoms with Gasteiger partial charge < -0.3 is 5.32 Å². The first kappa shape index (κ1) is 8.71. The molecule has 0 aliphatic rings. The van der Waals surface area contributed by atoms with Gasteiger partial charge in [0.15, 0.2) is 0 Å². The van der Waals surface area contributed by atoms with E-state index in [-0.39, 0.29) is 18.3 Å². The fourth-order valence-electron chi connectivity index (χ4n) is 0.861. The third-order valence-electron chi connectivity index (χ3n) is 1.49. The van der Waals surface area contributed by atoms with Gasteiger partial charge in [-0.05, 0) is 6.07 Å². The van der Waals surface area contributed by atoms with Gasteiger partial charge in [0.05, 0.1) is 0 Å². The summed E-state index contributed by atoms with van der Waals surface area (Å²) in [5.41, 5.74) is 0.507. The zero-order valence-corrected chi connectivity index (χ0v) is 6.80. The molecular formula is C9H10FNO. The topological polar surface area (TPSA) is 29.1 Å². The molecule has 0 bridgehead atoms. The van der Waals surface area contributed by atoms with Gasteiger partial charge >= 0.3 is 0 Å². The molecule has 0 heterocycles. The minimum absolute atomic E-state index is 0.154. The molecule has 0 saturated carbocycles. The molecule has 0 aliphatic heterocycles. The number of hydrogen-bond donors (Lipinski definition) is 1. The molecule has 1 amide bonds. The molecule has 12 heavy (non-hydrogen) atoms. The Morgan fingerprint density at radius 1 is 1.50 bits per heavy atom. The summed E-state index contributed by atoms with van der Waals surface area (Å²) in [5, 5.41) is 2.52. The fraction of sp³-hybridized carbons (Fsp3) is 0.222. The van der Waals surface area contributed by atoms with Crippen molar-refractivity contribution in [2.45, 2.75) is 13.5 Å². The van der Waals surface area contributed by atoms with E-state index in [4.69, 9.17) is 0 Å². The number of rotatable bonds is 2. The van der Waals surface area contributed by atoms with Gasteiger partial charge in [-0.1, -0.05) is 18.2 Å². The molecule has 0 saturated heterocycles. The van der Waals surface area contributed by atoms with Crippen LogP contribution in [0.25, 0.3) is 0 Å². The molecule has 64 valence electrons. The first-order valence-corrected chi connectivity index (χ1v) is 3.68. The van der Waals surface area contributed by atoms with Gasteiger partial charge in [0.25, 0.3) is 0 Å². The van der Waals surface area contributed by atoms with E-state index in [1.165, 1.54) is 13.0 Å². The van der Waals surface area contributed by atoms with E-state index in [1.54, 1.807) is 18.2 Å². The molecule has 0 atom stereocenters. The molecule has 1 rings (SSSR count). The minimum Gasteiger partial charge on any atom is -0.352 e. The second kappa shape index (κ2) is 3.85. The Bertz CT molecular complexity index is 286. The van der Waals surface area contributed by atoms with Gasteiger partial charge in [-0.25, -0.2) is 4.39 Å². The number of hydrogen-bond acceptors (Lipinski definition) is 1. The van der Waals surface area contributed by atoms with Crippen LogP contribution in [-0.2, 0) is 11.3 Å². The Kier molecular flexibility index (Phi) is 2.80. The highest BCUT2D eigenvalue weighted by Gasteiger charge is 1.99. The van der Waals surface area contributed by atoms with Gasteiger partial charge in [-0.2, -0.15) is 0 Å². The van der Waals surface area contributed by atoms with Crippen molar-refractivity contribution >= 4 is 5.91 Å². The van der Waals surface area contributed by atoms with Crippen LogP contribution in [0.5, 0.6) is 0 Å². The molecule has 0 spiro atoms. The van der Waals surface area contributed by atoms with Crippen molar-refractivity contribution in [2.75, 3.05) is 0 Å². The Morgan fingerprint density at radius 2 is 2.17 bits per heavy atom. The van der Waals surface area contributed by atoms with Gasteiger partial charge in [-0.3, -0.25) is 4.79 Å². The quantitative estimate of drug-likeness (QED) is 0.709. The molecule has 1 aromatic carbocycles. The van der Waals surface area contributed by atoms with Crippen LogP contribution in [0.2, 0.25) is 0 Å². The first-order valence-electron chi connectivity index (χ1n) is 3.68. The van der Waals surface area contributed by atoms with Gasteiger partial charge in [-0.15, -0.1) is 0 Å². The molecule has 3 heteroatoms. The lowest BCUT2D eigenvalue weighted by Crippen LogP contribution is -2.19. The molecule has 0 fully saturated rings. The summed E-state index contributed by atoms with van der Waals surface area (Å²) < 4.78 is 12.9. The average Bonchev–Trinajstić information content (AvgIpc) is 2.03. The highest BCUT2D eigenvalue weighted by Crippen LogP contribution is 2.04. The number of carbonyl (C=O) groups is 1. The van der Waals surface area contributed by atoms with Crippen molar-refractivity contribution in [1.82, 2.24) is 5.32 Å². The standard InChI is InChI=1S/C9H10FNO/c1-7(12)11-6-8-4-2-3-5-9(8)10/h2-5H,6H2,1H3,(H,11,12). The summed E-state index contributed by atoms with van der Waals surface area (Å²) in [6, 6.07) is 6.37. The van der Waals surface area contributed by atoms with Gasteiger partial charge in [0.2, 0.25) is 5.91 Å². The monoisotopic (exact) mass is 167 g/mol. The average molecular weight is 167 g/mol. The summed E-state index contributed by atoms with van der Waals surface area (Å²) in [7, 11) is 0. The third-order valence-corrected chi connectivity index (χ3v) is 1.49. The van der Waals surface area contributed by atoms with Crippen molar-refractivity contribution in [3.8, 4) is 0 Å². The van der Waals surface area contributed by atoms with E-state index >= 15 is 0 Å². The van der Waals surface area contributed by atoms with Crippen molar-refractivity contribution in [2.24, 2.45) is 0 Å². The largest absolute Gasteiger partial charge is 0.352 e. The number of carbonyl (C=O) groups excluding carboxylic acids is 1. The van der Waals surface area contributed by atoms with Crippen LogP contribution in [0.15, 0.2) is 24.3 Å². The Balaban J connectivity index is 2.63. The van der Waals surface area contributed by atoms with E-state index in [0.717, 1.165) is 0 Å². The summed E-state index contributed by atoms with van der Waals surface area (Å²) in [4.78, 5) is 10.5. The maximum Gasteiger partial charge on any atom is 0.217 e. The molecule has 0 aliphatic carbocycles. The fourth-order valence-corrected chi connectivity index (χ4v) is 0.861. The number of nitrogens with one attached hydrogen (secondary N) is 1. The second-order valence-corrected chi connectivity index (χ2v) is 2.50. The van der Waals surface area contributed by atoms with Crippen LogP contribution in [0.4, 0.5) is 4.39 Å². The van der Waals surface area contributed by atoms with Crippen molar-refractivity contribution in [1.29, 1.82) is 0 Å². The number of benzene rings is 1. The lowest BCUT2D eigenvalue weighted by atomic mass is 10.2. The second-order valence-electron chi connectivity index (χ2n) is 2.50. The van der Waals surface area contributed by atoms with Gasteiger partial charge in [0, 0.05) is 19.0 Å². The molecule has 2 nitrogen and oxygen atoms in total. The van der Waals surface area contributed by atoms with Crippen LogP contribution >= 0.6 is 0 Å².